The number of ether oxygens (including phenoxy) is 2. The molecule has 0 saturated carbocycles. The van der Waals surface area contributed by atoms with Crippen LogP contribution in [0.2, 0.25) is 0 Å². The predicted octanol–water partition coefficient (Wildman–Crippen LogP) is 23.9. The highest BCUT2D eigenvalue weighted by atomic mass is 31.2. The van der Waals surface area contributed by atoms with Gasteiger partial charge in [-0.3, -0.25) is 14.2 Å². The molecule has 0 aliphatic heterocycles. The Morgan fingerprint density at radius 3 is 0.935 bits per heavy atom. The van der Waals surface area contributed by atoms with E-state index in [0.717, 1.165) is 122 Å². The van der Waals surface area contributed by atoms with E-state index >= 15 is 0 Å². The van der Waals surface area contributed by atoms with Crippen LogP contribution in [-0.4, -0.2) is 70.0 Å². The largest absolute Gasteiger partial charge is 0.756 e. The molecular formula is C82H136NO8P. The third-order valence-corrected chi connectivity index (χ3v) is 16.2. The summed E-state index contributed by atoms with van der Waals surface area (Å²) >= 11 is 0. The zero-order valence-electron chi connectivity index (χ0n) is 59.4. The maximum absolute atomic E-state index is 12.9. The molecule has 0 aromatic rings. The van der Waals surface area contributed by atoms with Gasteiger partial charge in [0.25, 0.3) is 7.82 Å². The van der Waals surface area contributed by atoms with Crippen molar-refractivity contribution in [2.45, 2.75) is 290 Å². The number of allylic oxidation sites excluding steroid dienone is 28. The van der Waals surface area contributed by atoms with Crippen LogP contribution in [0.1, 0.15) is 284 Å². The number of phosphoric ester groups is 1. The molecule has 0 aromatic carbocycles. The minimum absolute atomic E-state index is 0.0460. The predicted molar refractivity (Wildman–Crippen MR) is 396 cm³/mol. The number of carbonyl (C=O) groups excluding carboxylic acids is 2. The van der Waals surface area contributed by atoms with Crippen molar-refractivity contribution in [2.75, 3.05) is 47.5 Å². The number of rotatable bonds is 66. The lowest BCUT2D eigenvalue weighted by Gasteiger charge is -2.28. The van der Waals surface area contributed by atoms with Crippen molar-refractivity contribution in [1.29, 1.82) is 0 Å². The molecule has 0 spiro atoms. The van der Waals surface area contributed by atoms with E-state index in [2.05, 4.69) is 184 Å². The van der Waals surface area contributed by atoms with Crippen molar-refractivity contribution in [1.82, 2.24) is 0 Å². The van der Waals surface area contributed by atoms with Crippen LogP contribution in [0.25, 0.3) is 0 Å². The van der Waals surface area contributed by atoms with Gasteiger partial charge in [-0.2, -0.15) is 0 Å². The van der Waals surface area contributed by atoms with Gasteiger partial charge >= 0.3 is 11.9 Å². The highest BCUT2D eigenvalue weighted by Gasteiger charge is 2.22. The topological polar surface area (TPSA) is 111 Å². The fourth-order valence-corrected chi connectivity index (χ4v) is 10.3. The Labute approximate surface area is 566 Å². The van der Waals surface area contributed by atoms with E-state index in [1.165, 1.54) is 128 Å². The van der Waals surface area contributed by atoms with E-state index in [4.69, 9.17) is 18.5 Å². The summed E-state index contributed by atoms with van der Waals surface area (Å²) in [6.45, 7) is 4.07. The van der Waals surface area contributed by atoms with Crippen LogP contribution in [-0.2, 0) is 32.7 Å². The number of quaternary nitrogens is 1. The van der Waals surface area contributed by atoms with E-state index in [0.29, 0.717) is 17.4 Å². The number of hydrogen-bond acceptors (Lipinski definition) is 8. The van der Waals surface area contributed by atoms with Gasteiger partial charge in [-0.25, -0.2) is 0 Å². The molecule has 0 aromatic heterocycles. The summed E-state index contributed by atoms with van der Waals surface area (Å²) < 4.78 is 34.3. The van der Waals surface area contributed by atoms with Gasteiger partial charge < -0.3 is 27.9 Å². The quantitative estimate of drug-likeness (QED) is 0.0195. The average molecular weight is 1290 g/mol. The lowest BCUT2D eigenvalue weighted by molar-refractivity contribution is -0.870. The highest BCUT2D eigenvalue weighted by Crippen LogP contribution is 2.38. The van der Waals surface area contributed by atoms with E-state index < -0.39 is 32.5 Å². The molecule has 0 aliphatic rings. The van der Waals surface area contributed by atoms with Gasteiger partial charge in [0.1, 0.15) is 19.8 Å². The zero-order chi connectivity index (χ0) is 66.9. The van der Waals surface area contributed by atoms with E-state index in [1.807, 2.05) is 21.1 Å². The molecule has 9 nitrogen and oxygen atoms in total. The summed E-state index contributed by atoms with van der Waals surface area (Å²) in [6, 6.07) is 0. The standard InChI is InChI=1S/C82H136NO8P/c1-6-8-10-12-14-16-18-20-22-24-26-28-30-32-34-36-38-39-40-41-42-43-45-47-49-51-53-55-57-59-61-63-65-67-69-71-73-75-82(85)91-80(79-90-92(86,87)89-77-76-83(3,4)5)78-88-81(84)74-72-70-68-66-64-62-60-58-56-54-52-50-48-46-44-37-35-33-31-29-27-25-23-21-19-17-15-13-11-9-7-2/h8,10,14,16,19-22,25-28,31-34,38-39,41-42,45,47,51,53,57,59,63,65,80H,6-7,9,11-13,15,17-18,23-24,29-30,35-37,40,43-44,46,48-50,52,54-56,58,60-62,64,66-79H2,1-5H3/b10-8-,16-14-,21-19-,22-20-,27-25-,28-26-,33-31-,34-32-,39-38-,42-41-,47-45-,53-51-,59-57-,65-63-. The van der Waals surface area contributed by atoms with E-state index in [9.17, 15) is 19.0 Å². The van der Waals surface area contributed by atoms with Crippen LogP contribution in [0.15, 0.2) is 170 Å². The molecule has 10 heteroatoms. The minimum Gasteiger partial charge on any atom is -0.756 e. The molecular weight excluding hydrogens is 1160 g/mol. The second kappa shape index (κ2) is 70.7. The van der Waals surface area contributed by atoms with Gasteiger partial charge in [0.05, 0.1) is 27.7 Å². The fraction of sp³-hybridized carbons (Fsp3) is 0.634. The van der Waals surface area contributed by atoms with Gasteiger partial charge in [-0.1, -0.05) is 306 Å². The first-order chi connectivity index (χ1) is 45.0. The minimum atomic E-state index is -4.67. The maximum Gasteiger partial charge on any atom is 0.306 e. The Bertz CT molecular complexity index is 2160. The number of hydrogen-bond donors (Lipinski definition) is 0. The van der Waals surface area contributed by atoms with Crippen molar-refractivity contribution in [3.63, 3.8) is 0 Å². The molecule has 92 heavy (non-hydrogen) atoms. The lowest BCUT2D eigenvalue weighted by Crippen LogP contribution is -2.37. The van der Waals surface area contributed by atoms with Gasteiger partial charge in [-0.15, -0.1) is 0 Å². The third-order valence-electron chi connectivity index (χ3n) is 15.2. The van der Waals surface area contributed by atoms with Crippen LogP contribution in [0.5, 0.6) is 0 Å². The lowest BCUT2D eigenvalue weighted by atomic mass is 10.0. The number of unbranched alkanes of at least 4 members (excludes halogenated alkanes) is 24. The number of likely N-dealkylation sites (N-methyl/N-ethyl adjacent to an activating group) is 1. The Morgan fingerprint density at radius 1 is 0.348 bits per heavy atom. The third kappa shape index (κ3) is 74.4. The van der Waals surface area contributed by atoms with Crippen molar-refractivity contribution in [3.8, 4) is 0 Å². The SMILES string of the molecule is CC/C=C\C/C=C\C/C=C\C/C=C\C/C=C\C/C=C\C/C=C\C/C=C\C/C=C\C/C=C\C/C=C\CCCCCC(=O)OC(COC(=O)CCCCCCCCCCCCCCCCCC/C=C\C/C=C\C/C=C\CCCCCCC)COP(=O)([O-])OCC[N+](C)(C)C. The van der Waals surface area contributed by atoms with Gasteiger partial charge in [0, 0.05) is 12.8 Å². The van der Waals surface area contributed by atoms with Crippen molar-refractivity contribution in [2.24, 2.45) is 0 Å². The fourth-order valence-electron chi connectivity index (χ4n) is 9.61. The molecule has 0 aliphatic carbocycles. The van der Waals surface area contributed by atoms with Gasteiger partial charge in [-0.05, 0) is 135 Å². The smallest absolute Gasteiger partial charge is 0.306 e. The molecule has 0 bridgehead atoms. The summed E-state index contributed by atoms with van der Waals surface area (Å²) in [5.41, 5.74) is 0. The number of nitrogens with zero attached hydrogens (tertiary/aromatic N) is 1. The molecule has 2 atom stereocenters. The Morgan fingerprint density at radius 2 is 0.620 bits per heavy atom. The Hall–Kier alpha value is -4.63. The molecule has 0 amide bonds. The first kappa shape index (κ1) is 87.4. The zero-order valence-corrected chi connectivity index (χ0v) is 60.3. The molecule has 0 rings (SSSR count). The normalized spacial score (nSPS) is 14.1. The van der Waals surface area contributed by atoms with Crippen molar-refractivity contribution < 1.29 is 42.1 Å². The first-order valence-corrected chi connectivity index (χ1v) is 38.3. The molecule has 0 heterocycles. The van der Waals surface area contributed by atoms with Gasteiger partial charge in [0.15, 0.2) is 6.10 Å². The van der Waals surface area contributed by atoms with Crippen LogP contribution in [0.4, 0.5) is 0 Å². The second-order valence-corrected chi connectivity index (χ2v) is 26.6. The number of phosphoric acid groups is 1. The Balaban J connectivity index is 4.16. The number of carbonyl (C=O) groups is 2. The summed E-state index contributed by atoms with van der Waals surface area (Å²) in [6.07, 6.45) is 107. The van der Waals surface area contributed by atoms with E-state index in [-0.39, 0.29) is 26.1 Å². The van der Waals surface area contributed by atoms with Gasteiger partial charge in [0.2, 0.25) is 0 Å². The maximum atomic E-state index is 12.9. The first-order valence-electron chi connectivity index (χ1n) is 36.8. The second-order valence-electron chi connectivity index (χ2n) is 25.2. The van der Waals surface area contributed by atoms with Crippen LogP contribution < -0.4 is 4.89 Å². The summed E-state index contributed by atoms with van der Waals surface area (Å²) in [5, 5.41) is 0. The molecule has 0 N–H and O–H groups in total. The van der Waals surface area contributed by atoms with Crippen molar-refractivity contribution in [3.05, 3.63) is 170 Å². The summed E-state index contributed by atoms with van der Waals surface area (Å²) in [5.74, 6) is -0.878. The Kier molecular flexibility index (Phi) is 67.1. The monoisotopic (exact) mass is 1290 g/mol. The highest BCUT2D eigenvalue weighted by molar-refractivity contribution is 7.45. The molecule has 2 unspecified atom stereocenters. The molecule has 522 valence electrons. The number of esters is 2. The van der Waals surface area contributed by atoms with Crippen LogP contribution in [0, 0.1) is 0 Å². The summed E-state index contributed by atoms with van der Waals surface area (Å²) in [7, 11) is 1.13. The summed E-state index contributed by atoms with van der Waals surface area (Å²) in [4.78, 5) is 38.1. The molecule has 0 fully saturated rings. The van der Waals surface area contributed by atoms with Crippen LogP contribution in [0.3, 0.4) is 0 Å². The average Bonchev–Trinajstić information content (AvgIpc) is 2.34. The molecule has 0 saturated heterocycles. The van der Waals surface area contributed by atoms with Crippen LogP contribution >= 0.6 is 7.82 Å². The molecule has 0 radical (unpaired) electrons. The van der Waals surface area contributed by atoms with E-state index in [1.54, 1.807) is 0 Å². The van der Waals surface area contributed by atoms with Crippen molar-refractivity contribution >= 4 is 19.8 Å².